The van der Waals surface area contributed by atoms with E-state index in [4.69, 9.17) is 9.47 Å². The summed E-state index contributed by atoms with van der Waals surface area (Å²) in [5.41, 5.74) is -0.0489. The molecule has 0 radical (unpaired) electrons. The van der Waals surface area contributed by atoms with Gasteiger partial charge in [0, 0.05) is 18.7 Å². The molecule has 0 spiro atoms. The van der Waals surface area contributed by atoms with Gasteiger partial charge in [0.1, 0.15) is 6.04 Å². The molecular formula is C17H20N2O7. The van der Waals surface area contributed by atoms with Gasteiger partial charge in [-0.15, -0.1) is 0 Å². The van der Waals surface area contributed by atoms with E-state index in [0.717, 1.165) is 12.8 Å². The molecule has 1 aromatic rings. The summed E-state index contributed by atoms with van der Waals surface area (Å²) >= 11 is 0. The van der Waals surface area contributed by atoms with Crippen molar-refractivity contribution in [2.75, 3.05) is 19.8 Å². The van der Waals surface area contributed by atoms with Gasteiger partial charge in [-0.25, -0.2) is 9.59 Å². The van der Waals surface area contributed by atoms with Crippen molar-refractivity contribution in [3.8, 4) is 0 Å². The van der Waals surface area contributed by atoms with Gasteiger partial charge in [0.2, 0.25) is 0 Å². The summed E-state index contributed by atoms with van der Waals surface area (Å²) in [7, 11) is 0. The molecule has 1 amide bonds. The molecular weight excluding hydrogens is 344 g/mol. The zero-order valence-corrected chi connectivity index (χ0v) is 14.4. The van der Waals surface area contributed by atoms with Crippen LogP contribution in [0.1, 0.15) is 36.5 Å². The summed E-state index contributed by atoms with van der Waals surface area (Å²) in [6.07, 6.45) is 2.09. The fourth-order valence-corrected chi connectivity index (χ4v) is 2.73. The molecule has 1 aliphatic rings. The maximum absolute atomic E-state index is 12.3. The lowest BCUT2D eigenvalue weighted by atomic mass is 10.0. The van der Waals surface area contributed by atoms with Crippen molar-refractivity contribution in [2.45, 2.75) is 32.2 Å². The Labute approximate surface area is 150 Å². The number of hydrogen-bond donors (Lipinski definition) is 0. The molecule has 0 bridgehead atoms. The molecule has 140 valence electrons. The van der Waals surface area contributed by atoms with Gasteiger partial charge in [0.25, 0.3) is 11.6 Å². The van der Waals surface area contributed by atoms with Gasteiger partial charge in [-0.2, -0.15) is 0 Å². The number of amides is 1. The molecule has 9 nitrogen and oxygen atoms in total. The number of nitro benzene ring substituents is 1. The zero-order chi connectivity index (χ0) is 19.1. The molecule has 9 heteroatoms. The quantitative estimate of drug-likeness (QED) is 0.428. The molecule has 1 aliphatic heterocycles. The van der Waals surface area contributed by atoms with Crippen LogP contribution in [0.3, 0.4) is 0 Å². The van der Waals surface area contributed by atoms with Crippen LogP contribution >= 0.6 is 0 Å². The van der Waals surface area contributed by atoms with E-state index in [1.807, 2.05) is 0 Å². The highest BCUT2D eigenvalue weighted by Gasteiger charge is 2.33. The monoisotopic (exact) mass is 364 g/mol. The molecule has 26 heavy (non-hydrogen) atoms. The standard InChI is InChI=1S/C17H20N2O7/c1-2-25-17(22)14-5-3-4-10-18(14)15(20)11-26-16(21)12-6-8-13(9-7-12)19(23)24/h6-9,14H,2-5,10-11H2,1H3/t14-/m0/s1. The number of nitrogens with zero attached hydrogens (tertiary/aromatic N) is 2. The highest BCUT2D eigenvalue weighted by Crippen LogP contribution is 2.19. The van der Waals surface area contributed by atoms with Crippen LogP contribution in [0.4, 0.5) is 5.69 Å². The number of non-ortho nitro benzene ring substituents is 1. The summed E-state index contributed by atoms with van der Waals surface area (Å²) in [5, 5.41) is 10.6. The molecule has 0 N–H and O–H groups in total. The molecule has 0 aliphatic carbocycles. The number of esters is 2. The number of carbonyl (C=O) groups is 3. The first kappa shape index (κ1) is 19.4. The molecule has 1 fully saturated rings. The summed E-state index contributed by atoms with van der Waals surface area (Å²) < 4.78 is 9.97. The van der Waals surface area contributed by atoms with E-state index < -0.39 is 35.4 Å². The van der Waals surface area contributed by atoms with Crippen LogP contribution in [0.2, 0.25) is 0 Å². The van der Waals surface area contributed by atoms with Crippen molar-refractivity contribution in [1.29, 1.82) is 0 Å². The van der Waals surface area contributed by atoms with Crippen molar-refractivity contribution in [3.63, 3.8) is 0 Å². The summed E-state index contributed by atoms with van der Waals surface area (Å²) in [5.74, 6) is -1.70. The van der Waals surface area contributed by atoms with E-state index in [-0.39, 0.29) is 17.9 Å². The molecule has 0 unspecified atom stereocenters. The van der Waals surface area contributed by atoms with Crippen LogP contribution in [0.5, 0.6) is 0 Å². The summed E-state index contributed by atoms with van der Waals surface area (Å²) in [6.45, 7) is 1.81. The lowest BCUT2D eigenvalue weighted by Crippen LogP contribution is -2.50. The van der Waals surface area contributed by atoms with Gasteiger partial charge in [-0.05, 0) is 38.3 Å². The van der Waals surface area contributed by atoms with Gasteiger partial charge < -0.3 is 14.4 Å². The van der Waals surface area contributed by atoms with Gasteiger partial charge in [-0.1, -0.05) is 0 Å². The van der Waals surface area contributed by atoms with Crippen molar-refractivity contribution < 1.29 is 28.8 Å². The first-order valence-corrected chi connectivity index (χ1v) is 8.31. The van der Waals surface area contributed by atoms with Crippen LogP contribution in [0.15, 0.2) is 24.3 Å². The number of benzene rings is 1. The second-order valence-corrected chi connectivity index (χ2v) is 5.73. The number of hydrogen-bond acceptors (Lipinski definition) is 7. The van der Waals surface area contributed by atoms with E-state index in [1.54, 1.807) is 6.92 Å². The SMILES string of the molecule is CCOC(=O)[C@@H]1CCCCN1C(=O)COC(=O)c1ccc([N+](=O)[O-])cc1. The molecule has 1 atom stereocenters. The minimum Gasteiger partial charge on any atom is -0.464 e. The maximum Gasteiger partial charge on any atom is 0.338 e. The van der Waals surface area contributed by atoms with Crippen LogP contribution in [0, 0.1) is 10.1 Å². The molecule has 0 aromatic heterocycles. The Bertz CT molecular complexity index is 687. The Balaban J connectivity index is 1.94. The smallest absolute Gasteiger partial charge is 0.338 e. The van der Waals surface area contributed by atoms with E-state index in [9.17, 15) is 24.5 Å². The number of likely N-dealkylation sites (tertiary alicyclic amines) is 1. The third kappa shape index (κ3) is 4.78. The first-order valence-electron chi connectivity index (χ1n) is 8.31. The van der Waals surface area contributed by atoms with Crippen molar-refractivity contribution in [1.82, 2.24) is 4.90 Å². The summed E-state index contributed by atoms with van der Waals surface area (Å²) in [6, 6.07) is 4.22. The zero-order valence-electron chi connectivity index (χ0n) is 14.4. The molecule has 1 aromatic carbocycles. The molecule has 2 rings (SSSR count). The van der Waals surface area contributed by atoms with Crippen LogP contribution < -0.4 is 0 Å². The fourth-order valence-electron chi connectivity index (χ4n) is 2.73. The molecule has 1 heterocycles. The third-order valence-electron chi connectivity index (χ3n) is 4.02. The lowest BCUT2D eigenvalue weighted by molar-refractivity contribution is -0.384. The van der Waals surface area contributed by atoms with Crippen LogP contribution in [0.25, 0.3) is 0 Å². The molecule has 1 saturated heterocycles. The highest BCUT2D eigenvalue weighted by atomic mass is 16.6. The first-order chi connectivity index (χ1) is 12.4. The minimum absolute atomic E-state index is 0.101. The topological polar surface area (TPSA) is 116 Å². The van der Waals surface area contributed by atoms with E-state index in [1.165, 1.54) is 29.2 Å². The minimum atomic E-state index is -0.766. The van der Waals surface area contributed by atoms with E-state index >= 15 is 0 Å². The largest absolute Gasteiger partial charge is 0.464 e. The fraction of sp³-hybridized carbons (Fsp3) is 0.471. The number of nitro groups is 1. The van der Waals surface area contributed by atoms with Crippen molar-refractivity contribution >= 4 is 23.5 Å². The molecule has 0 saturated carbocycles. The Morgan fingerprint density at radius 3 is 2.50 bits per heavy atom. The third-order valence-corrected chi connectivity index (χ3v) is 4.02. The Morgan fingerprint density at radius 2 is 1.88 bits per heavy atom. The van der Waals surface area contributed by atoms with E-state index in [0.29, 0.717) is 13.0 Å². The average molecular weight is 364 g/mol. The number of carbonyl (C=O) groups excluding carboxylic acids is 3. The van der Waals surface area contributed by atoms with Gasteiger partial charge in [-0.3, -0.25) is 14.9 Å². The predicted octanol–water partition coefficient (Wildman–Crippen LogP) is 1.70. The van der Waals surface area contributed by atoms with Gasteiger partial charge in [0.05, 0.1) is 17.1 Å². The Kier molecular flexibility index (Phi) is 6.65. The average Bonchev–Trinajstić information content (AvgIpc) is 2.66. The Hall–Kier alpha value is -2.97. The van der Waals surface area contributed by atoms with Crippen molar-refractivity contribution in [2.24, 2.45) is 0 Å². The maximum atomic E-state index is 12.3. The lowest BCUT2D eigenvalue weighted by Gasteiger charge is -2.33. The van der Waals surface area contributed by atoms with Crippen molar-refractivity contribution in [3.05, 3.63) is 39.9 Å². The van der Waals surface area contributed by atoms with Gasteiger partial charge >= 0.3 is 11.9 Å². The highest BCUT2D eigenvalue weighted by molar-refractivity contribution is 5.92. The normalized spacial score (nSPS) is 16.7. The summed E-state index contributed by atoms with van der Waals surface area (Å²) in [4.78, 5) is 47.7. The van der Waals surface area contributed by atoms with E-state index in [2.05, 4.69) is 0 Å². The second kappa shape index (κ2) is 8.93. The predicted molar refractivity (Wildman–Crippen MR) is 89.4 cm³/mol. The van der Waals surface area contributed by atoms with Gasteiger partial charge in [0.15, 0.2) is 6.61 Å². The number of piperidine rings is 1. The Morgan fingerprint density at radius 1 is 1.19 bits per heavy atom. The van der Waals surface area contributed by atoms with Crippen LogP contribution in [-0.2, 0) is 19.1 Å². The number of ether oxygens (including phenoxy) is 2. The number of rotatable bonds is 6. The second-order valence-electron chi connectivity index (χ2n) is 5.73. The van der Waals surface area contributed by atoms with Crippen LogP contribution in [-0.4, -0.2) is 53.5 Å².